The van der Waals surface area contributed by atoms with Crippen LogP contribution in [0.15, 0.2) is 15.9 Å². The van der Waals surface area contributed by atoms with Gasteiger partial charge in [0.15, 0.2) is 5.78 Å². The van der Waals surface area contributed by atoms with Crippen LogP contribution in [0.5, 0.6) is 0 Å². The van der Waals surface area contributed by atoms with Gasteiger partial charge in [-0.05, 0) is 40.6 Å². The molecule has 0 aliphatic rings. The number of hydrogen-bond acceptors (Lipinski definition) is 2. The molecule has 0 fully saturated rings. The molecule has 0 bridgehead atoms. The van der Waals surface area contributed by atoms with E-state index in [9.17, 15) is 4.79 Å². The first-order valence-electron chi connectivity index (χ1n) is 3.66. The molecule has 1 rings (SSSR count). The van der Waals surface area contributed by atoms with Crippen LogP contribution in [0.2, 0.25) is 0 Å². The summed E-state index contributed by atoms with van der Waals surface area (Å²) in [5.41, 5.74) is 1.07. The van der Waals surface area contributed by atoms with Gasteiger partial charge in [0.05, 0.1) is 9.67 Å². The second-order valence-corrected chi connectivity index (χ2v) is 5.40. The van der Waals surface area contributed by atoms with Crippen LogP contribution in [0, 0.1) is 6.92 Å². The smallest absolute Gasteiger partial charge is 0.170 e. The van der Waals surface area contributed by atoms with Gasteiger partial charge in [0.2, 0.25) is 0 Å². The number of allylic oxidation sites excluding steroid dienone is 1. The Morgan fingerprint density at radius 1 is 1.77 bits per heavy atom. The van der Waals surface area contributed by atoms with E-state index < -0.39 is 0 Å². The summed E-state index contributed by atoms with van der Waals surface area (Å²) in [6.07, 6.45) is 3.30. The van der Waals surface area contributed by atoms with Crippen LogP contribution >= 0.6 is 38.9 Å². The van der Waals surface area contributed by atoms with Gasteiger partial charge in [-0.1, -0.05) is 6.08 Å². The zero-order valence-corrected chi connectivity index (χ0v) is 10.2. The van der Waals surface area contributed by atoms with Gasteiger partial charge in [-0.2, -0.15) is 0 Å². The number of halogens is 2. The molecule has 1 heterocycles. The first kappa shape index (κ1) is 11.0. The Balaban J connectivity index is 2.79. The number of thiophene rings is 1. The first-order valence-corrected chi connectivity index (χ1v) is 5.80. The van der Waals surface area contributed by atoms with Crippen molar-refractivity contribution in [3.63, 3.8) is 0 Å². The number of rotatable bonds is 3. The highest BCUT2D eigenvalue weighted by Gasteiger charge is 2.00. The lowest BCUT2D eigenvalue weighted by molar-refractivity contribution is -0.112. The predicted octanol–water partition coefficient (Wildman–Crippen LogP) is 3.64. The van der Waals surface area contributed by atoms with E-state index in [4.69, 9.17) is 11.6 Å². The molecule has 0 aliphatic carbocycles. The lowest BCUT2D eigenvalue weighted by Crippen LogP contribution is -1.91. The van der Waals surface area contributed by atoms with E-state index in [1.165, 1.54) is 11.0 Å². The molecule has 13 heavy (non-hydrogen) atoms. The minimum atomic E-state index is -0.0663. The molecular formula is C9H8BrClOS. The van der Waals surface area contributed by atoms with E-state index in [0.717, 1.165) is 9.35 Å². The third-order valence-corrected chi connectivity index (χ3v) is 3.34. The van der Waals surface area contributed by atoms with Crippen molar-refractivity contribution in [3.05, 3.63) is 26.4 Å². The lowest BCUT2D eigenvalue weighted by Gasteiger charge is -1.87. The molecule has 0 saturated carbocycles. The SMILES string of the molecule is Cc1sc(Br)cc1/C=C/C(=O)CCl. The Morgan fingerprint density at radius 3 is 2.92 bits per heavy atom. The van der Waals surface area contributed by atoms with Gasteiger partial charge in [0.25, 0.3) is 0 Å². The minimum Gasteiger partial charge on any atom is -0.294 e. The van der Waals surface area contributed by atoms with Crippen molar-refractivity contribution in [2.24, 2.45) is 0 Å². The van der Waals surface area contributed by atoms with Gasteiger partial charge < -0.3 is 0 Å². The molecule has 0 saturated heterocycles. The van der Waals surface area contributed by atoms with Gasteiger partial charge in [0, 0.05) is 4.88 Å². The zero-order chi connectivity index (χ0) is 9.84. The van der Waals surface area contributed by atoms with Crippen LogP contribution < -0.4 is 0 Å². The maximum absolute atomic E-state index is 10.9. The summed E-state index contributed by atoms with van der Waals surface area (Å²) in [5.74, 6) is -0.0238. The molecule has 0 aliphatic heterocycles. The largest absolute Gasteiger partial charge is 0.294 e. The average Bonchev–Trinajstić information content (AvgIpc) is 2.41. The summed E-state index contributed by atoms with van der Waals surface area (Å²) in [5, 5.41) is 0. The summed E-state index contributed by atoms with van der Waals surface area (Å²) in [7, 11) is 0. The van der Waals surface area contributed by atoms with E-state index in [1.54, 1.807) is 17.4 Å². The molecule has 1 aromatic heterocycles. The summed E-state index contributed by atoms with van der Waals surface area (Å²) in [4.78, 5) is 12.1. The van der Waals surface area contributed by atoms with Crippen molar-refractivity contribution < 1.29 is 4.79 Å². The highest BCUT2D eigenvalue weighted by atomic mass is 79.9. The number of carbonyl (C=O) groups is 1. The molecule has 0 N–H and O–H groups in total. The van der Waals surface area contributed by atoms with E-state index >= 15 is 0 Å². The van der Waals surface area contributed by atoms with Crippen LogP contribution in [-0.2, 0) is 4.79 Å². The zero-order valence-electron chi connectivity index (χ0n) is 7.01. The van der Waals surface area contributed by atoms with Gasteiger partial charge >= 0.3 is 0 Å². The number of carbonyl (C=O) groups excluding carboxylic acids is 1. The molecule has 70 valence electrons. The molecule has 4 heteroatoms. The van der Waals surface area contributed by atoms with Gasteiger partial charge in [-0.25, -0.2) is 0 Å². The maximum atomic E-state index is 10.9. The van der Waals surface area contributed by atoms with Crippen molar-refractivity contribution in [2.75, 3.05) is 5.88 Å². The van der Waals surface area contributed by atoms with Gasteiger partial charge in [-0.15, -0.1) is 22.9 Å². The second-order valence-electron chi connectivity index (χ2n) is 2.50. The van der Waals surface area contributed by atoms with Crippen LogP contribution in [0.4, 0.5) is 0 Å². The molecule has 1 nitrogen and oxygen atoms in total. The Labute approximate surface area is 94.5 Å². The van der Waals surface area contributed by atoms with Crippen LogP contribution in [-0.4, -0.2) is 11.7 Å². The fraction of sp³-hybridized carbons (Fsp3) is 0.222. The summed E-state index contributed by atoms with van der Waals surface area (Å²) in [6.45, 7) is 2.01. The Bertz CT molecular complexity index is 343. The van der Waals surface area contributed by atoms with Crippen LogP contribution in [0.1, 0.15) is 10.4 Å². The van der Waals surface area contributed by atoms with E-state index in [-0.39, 0.29) is 11.7 Å². The number of ketones is 1. The molecule has 0 spiro atoms. The molecular weight excluding hydrogens is 272 g/mol. The van der Waals surface area contributed by atoms with E-state index in [1.807, 2.05) is 13.0 Å². The maximum Gasteiger partial charge on any atom is 0.170 e. The minimum absolute atomic E-state index is 0.0425. The third kappa shape index (κ3) is 3.25. The monoisotopic (exact) mass is 278 g/mol. The van der Waals surface area contributed by atoms with E-state index in [0.29, 0.717) is 0 Å². The summed E-state index contributed by atoms with van der Waals surface area (Å²) >= 11 is 10.4. The molecule has 0 unspecified atom stereocenters. The van der Waals surface area contributed by atoms with Gasteiger partial charge in [0.1, 0.15) is 0 Å². The van der Waals surface area contributed by atoms with Crippen LogP contribution in [0.3, 0.4) is 0 Å². The Morgan fingerprint density at radius 2 is 2.46 bits per heavy atom. The Hall–Kier alpha value is -0.120. The number of alkyl halides is 1. The van der Waals surface area contributed by atoms with Crippen molar-refractivity contribution in [3.8, 4) is 0 Å². The second kappa shape index (κ2) is 4.94. The van der Waals surface area contributed by atoms with Crippen molar-refractivity contribution in [2.45, 2.75) is 6.92 Å². The molecule has 1 aromatic rings. The quantitative estimate of drug-likeness (QED) is 0.610. The van der Waals surface area contributed by atoms with E-state index in [2.05, 4.69) is 15.9 Å². The van der Waals surface area contributed by atoms with Crippen molar-refractivity contribution in [1.29, 1.82) is 0 Å². The molecule has 0 amide bonds. The third-order valence-electron chi connectivity index (χ3n) is 1.51. The predicted molar refractivity (Wildman–Crippen MR) is 61.5 cm³/mol. The van der Waals surface area contributed by atoms with Crippen molar-refractivity contribution in [1.82, 2.24) is 0 Å². The average molecular weight is 280 g/mol. The molecule has 0 aromatic carbocycles. The van der Waals surface area contributed by atoms with Crippen LogP contribution in [0.25, 0.3) is 6.08 Å². The number of aryl methyl sites for hydroxylation is 1. The number of hydrogen-bond donors (Lipinski definition) is 0. The highest BCUT2D eigenvalue weighted by Crippen LogP contribution is 2.27. The first-order chi connectivity index (χ1) is 6.13. The molecule has 0 radical (unpaired) electrons. The fourth-order valence-electron chi connectivity index (χ4n) is 0.851. The highest BCUT2D eigenvalue weighted by molar-refractivity contribution is 9.11. The summed E-state index contributed by atoms with van der Waals surface area (Å²) in [6, 6.07) is 1.98. The lowest BCUT2D eigenvalue weighted by atomic mass is 10.2. The molecule has 0 atom stereocenters. The topological polar surface area (TPSA) is 17.1 Å². The normalized spacial score (nSPS) is 11.0. The van der Waals surface area contributed by atoms with Crippen molar-refractivity contribution >= 4 is 50.7 Å². The standard InChI is InChI=1S/C9H8BrClOS/c1-6-7(4-9(10)13-6)2-3-8(12)5-11/h2-4H,5H2,1H3/b3-2+. The fourth-order valence-corrected chi connectivity index (χ4v) is 2.64. The summed E-state index contributed by atoms with van der Waals surface area (Å²) < 4.78 is 1.07. The Kier molecular flexibility index (Phi) is 4.16. The van der Waals surface area contributed by atoms with Gasteiger partial charge in [-0.3, -0.25) is 4.79 Å².